The average Bonchev–Trinajstić information content (AvgIpc) is 3.05. The number of aromatic hydroxyl groups is 5. The van der Waals surface area contributed by atoms with Crippen LogP contribution in [0.15, 0.2) is 18.2 Å². The third-order valence-electron chi connectivity index (χ3n) is 8.58. The van der Waals surface area contributed by atoms with Gasteiger partial charge in [-0.25, -0.2) is 9.59 Å². The molecule has 5 N–H and O–H groups in total. The van der Waals surface area contributed by atoms with Crippen LogP contribution in [0.4, 0.5) is 0 Å². The molecule has 0 amide bonds. The molecule has 0 saturated heterocycles. The van der Waals surface area contributed by atoms with Gasteiger partial charge in [-0.3, -0.25) is 0 Å². The monoisotopic (exact) mass is 658 g/mol. The van der Waals surface area contributed by atoms with Gasteiger partial charge in [0.2, 0.25) is 11.5 Å². The van der Waals surface area contributed by atoms with Crippen molar-refractivity contribution in [3.63, 3.8) is 0 Å². The molecule has 0 atom stereocenters. The maximum absolute atomic E-state index is 13.2. The molecule has 0 fully saturated rings. The first kappa shape index (κ1) is 39.6. The number of phenols is 5. The molecule has 0 aliphatic carbocycles. The summed E-state index contributed by atoms with van der Waals surface area (Å²) >= 11 is 0. The number of carbonyl (C=O) groups excluding carboxylic acids is 2. The molecule has 0 bridgehead atoms. The Balaban J connectivity index is 1.93. The topological polar surface area (TPSA) is 154 Å². The summed E-state index contributed by atoms with van der Waals surface area (Å²) in [4.78, 5) is 25.9. The molecule has 0 radical (unpaired) electrons. The van der Waals surface area contributed by atoms with E-state index in [0.717, 1.165) is 63.1 Å². The molecule has 0 aliphatic heterocycles. The van der Waals surface area contributed by atoms with Crippen molar-refractivity contribution in [2.45, 2.75) is 149 Å². The Morgan fingerprint density at radius 2 is 1.00 bits per heavy atom. The molecule has 9 heteroatoms. The smallest absolute Gasteiger partial charge is 0.344 e. The van der Waals surface area contributed by atoms with E-state index in [2.05, 4.69) is 13.8 Å². The number of benzene rings is 2. The minimum Gasteiger partial charge on any atom is -0.504 e. The van der Waals surface area contributed by atoms with Crippen LogP contribution in [0.25, 0.3) is 0 Å². The lowest BCUT2D eigenvalue weighted by Gasteiger charge is -2.15. The van der Waals surface area contributed by atoms with Crippen LogP contribution in [0.5, 0.6) is 34.5 Å². The second-order valence-corrected chi connectivity index (χ2v) is 12.6. The highest BCUT2D eigenvalue weighted by Crippen LogP contribution is 2.42. The zero-order chi connectivity index (χ0) is 34.4. The van der Waals surface area contributed by atoms with Gasteiger partial charge >= 0.3 is 11.9 Å². The van der Waals surface area contributed by atoms with Gasteiger partial charge in [0, 0.05) is 5.56 Å². The van der Waals surface area contributed by atoms with Crippen molar-refractivity contribution in [3.8, 4) is 34.5 Å². The number of rotatable bonds is 25. The van der Waals surface area contributed by atoms with E-state index in [-0.39, 0.29) is 29.7 Å². The van der Waals surface area contributed by atoms with E-state index in [1.54, 1.807) is 0 Å². The van der Waals surface area contributed by atoms with Crippen molar-refractivity contribution in [2.24, 2.45) is 0 Å². The second kappa shape index (κ2) is 22.8. The largest absolute Gasteiger partial charge is 0.504 e. The predicted molar refractivity (Wildman–Crippen MR) is 184 cm³/mol. The normalized spacial score (nSPS) is 11.1. The third kappa shape index (κ3) is 14.4. The zero-order valence-electron chi connectivity index (χ0n) is 28.7. The van der Waals surface area contributed by atoms with Gasteiger partial charge in [0.25, 0.3) is 0 Å². The fraction of sp³-hybridized carbons (Fsp3) is 0.632. The van der Waals surface area contributed by atoms with Crippen molar-refractivity contribution in [3.05, 3.63) is 34.9 Å². The van der Waals surface area contributed by atoms with Crippen LogP contribution in [0.1, 0.15) is 169 Å². The standard InChI is InChI=1S/C38H58O9/c1-3-5-7-9-11-13-15-17-19-21-23-29-30(27-32(40)36(43)34(29)41)38(45)47-33-26-28(25-31(39)35(33)42)37(44)46-24-22-20-18-16-14-12-10-8-6-4-2/h25-27,39-43H,3-24H2,1-2H3. The Morgan fingerprint density at radius 1 is 0.532 bits per heavy atom. The van der Waals surface area contributed by atoms with Crippen LogP contribution in [0.2, 0.25) is 0 Å². The van der Waals surface area contributed by atoms with Crippen LogP contribution in [-0.4, -0.2) is 44.1 Å². The van der Waals surface area contributed by atoms with Gasteiger partial charge in [0.15, 0.2) is 23.0 Å². The Hall–Kier alpha value is -3.62. The van der Waals surface area contributed by atoms with Gasteiger partial charge in [-0.1, -0.05) is 129 Å². The van der Waals surface area contributed by atoms with E-state index in [1.165, 1.54) is 70.6 Å². The quantitative estimate of drug-likeness (QED) is 0.0303. The molecule has 0 aliphatic rings. The molecular formula is C38H58O9. The van der Waals surface area contributed by atoms with Crippen LogP contribution in [0, 0.1) is 0 Å². The number of hydrogen-bond acceptors (Lipinski definition) is 9. The molecule has 9 nitrogen and oxygen atoms in total. The Labute approximate surface area is 280 Å². The highest BCUT2D eigenvalue weighted by molar-refractivity contribution is 5.96. The zero-order valence-corrected chi connectivity index (χ0v) is 28.7. The van der Waals surface area contributed by atoms with E-state index < -0.39 is 46.4 Å². The van der Waals surface area contributed by atoms with Gasteiger partial charge in [-0.05, 0) is 37.5 Å². The van der Waals surface area contributed by atoms with E-state index >= 15 is 0 Å². The molecule has 2 aromatic carbocycles. The highest BCUT2D eigenvalue weighted by atomic mass is 16.5. The molecular weight excluding hydrogens is 600 g/mol. The maximum Gasteiger partial charge on any atom is 0.344 e. The molecule has 2 aromatic rings. The number of carbonyl (C=O) groups is 2. The lowest BCUT2D eigenvalue weighted by atomic mass is 9.98. The van der Waals surface area contributed by atoms with E-state index in [0.29, 0.717) is 12.8 Å². The van der Waals surface area contributed by atoms with Gasteiger partial charge < -0.3 is 35.0 Å². The summed E-state index contributed by atoms with van der Waals surface area (Å²) in [7, 11) is 0. The van der Waals surface area contributed by atoms with Crippen molar-refractivity contribution >= 4 is 11.9 Å². The summed E-state index contributed by atoms with van der Waals surface area (Å²) in [5.74, 6) is -5.79. The molecule has 47 heavy (non-hydrogen) atoms. The number of ether oxygens (including phenoxy) is 2. The SMILES string of the molecule is CCCCCCCCCCCCOC(=O)c1cc(O)c(O)c(OC(=O)c2cc(O)c(O)c(O)c2CCCCCCCCCCCC)c1. The minimum atomic E-state index is -1.05. The van der Waals surface area contributed by atoms with Crippen LogP contribution in [-0.2, 0) is 11.2 Å². The minimum absolute atomic E-state index is 0.0978. The molecule has 264 valence electrons. The van der Waals surface area contributed by atoms with Gasteiger partial charge in [0.1, 0.15) is 0 Å². The molecule has 0 heterocycles. The van der Waals surface area contributed by atoms with Crippen molar-refractivity contribution in [2.75, 3.05) is 6.61 Å². The molecule has 0 unspecified atom stereocenters. The van der Waals surface area contributed by atoms with Crippen molar-refractivity contribution < 1.29 is 44.6 Å². The fourth-order valence-electron chi connectivity index (χ4n) is 5.69. The van der Waals surface area contributed by atoms with Gasteiger partial charge in [0.05, 0.1) is 17.7 Å². The summed E-state index contributed by atoms with van der Waals surface area (Å²) in [6.07, 6.45) is 22.6. The van der Waals surface area contributed by atoms with E-state index in [9.17, 15) is 35.1 Å². The summed E-state index contributed by atoms with van der Waals surface area (Å²) in [6.45, 7) is 4.60. The van der Waals surface area contributed by atoms with Crippen LogP contribution < -0.4 is 4.74 Å². The number of hydrogen-bond donors (Lipinski definition) is 5. The molecule has 0 saturated carbocycles. The first-order chi connectivity index (χ1) is 22.7. The van der Waals surface area contributed by atoms with E-state index in [4.69, 9.17) is 9.47 Å². The fourth-order valence-corrected chi connectivity index (χ4v) is 5.69. The second-order valence-electron chi connectivity index (χ2n) is 12.6. The number of esters is 2. The summed E-state index contributed by atoms with van der Waals surface area (Å²) in [5, 5.41) is 51.4. The Kier molecular flexibility index (Phi) is 19.2. The lowest BCUT2D eigenvalue weighted by molar-refractivity contribution is 0.0495. The number of unbranched alkanes of at least 4 members (excludes halogenated alkanes) is 18. The van der Waals surface area contributed by atoms with Crippen molar-refractivity contribution in [1.29, 1.82) is 0 Å². The maximum atomic E-state index is 13.2. The summed E-state index contributed by atoms with van der Waals surface area (Å²) in [6, 6.07) is 3.11. The number of phenolic OH excluding ortho intramolecular Hbond substituents is 5. The van der Waals surface area contributed by atoms with Gasteiger partial charge in [-0.2, -0.15) is 0 Å². The highest BCUT2D eigenvalue weighted by Gasteiger charge is 2.25. The third-order valence-corrected chi connectivity index (χ3v) is 8.58. The van der Waals surface area contributed by atoms with E-state index in [1.807, 2.05) is 0 Å². The lowest BCUT2D eigenvalue weighted by Crippen LogP contribution is -2.13. The average molecular weight is 659 g/mol. The summed E-state index contributed by atoms with van der Waals surface area (Å²) < 4.78 is 10.7. The Bertz CT molecular complexity index is 1220. The first-order valence-corrected chi connectivity index (χ1v) is 17.9. The van der Waals surface area contributed by atoms with Crippen LogP contribution in [0.3, 0.4) is 0 Å². The molecule has 0 aromatic heterocycles. The van der Waals surface area contributed by atoms with Crippen LogP contribution >= 0.6 is 0 Å². The molecule has 0 spiro atoms. The Morgan fingerprint density at radius 3 is 1.53 bits per heavy atom. The summed E-state index contributed by atoms with van der Waals surface area (Å²) in [5.41, 5.74) is -0.223. The predicted octanol–water partition coefficient (Wildman–Crippen LogP) is 9.97. The molecule has 2 rings (SSSR count). The first-order valence-electron chi connectivity index (χ1n) is 17.9. The van der Waals surface area contributed by atoms with Crippen molar-refractivity contribution in [1.82, 2.24) is 0 Å². The van der Waals surface area contributed by atoms with Gasteiger partial charge in [-0.15, -0.1) is 0 Å².